The second-order valence-electron chi connectivity index (χ2n) is 7.87. The van der Waals surface area contributed by atoms with Crippen molar-refractivity contribution in [3.63, 3.8) is 0 Å². The molecule has 1 heterocycles. The van der Waals surface area contributed by atoms with E-state index >= 15 is 0 Å². The number of nitro groups is 1. The van der Waals surface area contributed by atoms with E-state index < -0.39 is 10.8 Å². The van der Waals surface area contributed by atoms with Crippen LogP contribution in [-0.4, -0.2) is 27.6 Å². The first-order valence-electron chi connectivity index (χ1n) is 11.1. The van der Waals surface area contributed by atoms with Gasteiger partial charge in [0.1, 0.15) is 6.61 Å². The first-order chi connectivity index (χ1) is 17.7. The standard InChI is InChI=1S/C26H20Cl2N2O6S/c1-2-35-23-12-17(6-10-22(23)36-15-16-3-7-19(8-4-16)30(33)34)13-24-25(31)29(26(32)37-24)14-18-5-9-20(27)21(28)11-18/h3-13H,2,14-15H2,1H3/b24-13+. The molecule has 190 valence electrons. The van der Waals surface area contributed by atoms with Crippen LogP contribution in [0.2, 0.25) is 10.0 Å². The zero-order valence-corrected chi connectivity index (χ0v) is 21.8. The Balaban J connectivity index is 1.48. The van der Waals surface area contributed by atoms with Crippen LogP contribution in [0, 0.1) is 10.1 Å². The highest BCUT2D eigenvalue weighted by molar-refractivity contribution is 8.18. The van der Waals surface area contributed by atoms with Crippen molar-refractivity contribution < 1.29 is 24.0 Å². The van der Waals surface area contributed by atoms with Gasteiger partial charge >= 0.3 is 0 Å². The van der Waals surface area contributed by atoms with Crippen LogP contribution in [-0.2, 0) is 17.9 Å². The highest BCUT2D eigenvalue weighted by atomic mass is 35.5. The number of ether oxygens (including phenoxy) is 2. The Morgan fingerprint density at radius 1 is 0.946 bits per heavy atom. The SMILES string of the molecule is CCOc1cc(/C=C2/SC(=O)N(Cc3ccc(Cl)c(Cl)c3)C2=O)ccc1OCc1ccc([N+](=O)[O-])cc1. The molecule has 1 saturated heterocycles. The first-order valence-corrected chi connectivity index (χ1v) is 12.6. The monoisotopic (exact) mass is 558 g/mol. The van der Waals surface area contributed by atoms with E-state index in [4.69, 9.17) is 32.7 Å². The minimum Gasteiger partial charge on any atom is -0.490 e. The summed E-state index contributed by atoms with van der Waals surface area (Å²) >= 11 is 12.9. The molecule has 2 amide bonds. The lowest BCUT2D eigenvalue weighted by Crippen LogP contribution is -2.27. The van der Waals surface area contributed by atoms with Gasteiger partial charge in [-0.3, -0.25) is 24.6 Å². The van der Waals surface area contributed by atoms with Crippen molar-refractivity contribution in [2.45, 2.75) is 20.1 Å². The van der Waals surface area contributed by atoms with Gasteiger partial charge < -0.3 is 9.47 Å². The summed E-state index contributed by atoms with van der Waals surface area (Å²) in [6, 6.07) is 16.2. The van der Waals surface area contributed by atoms with Crippen LogP contribution in [0.1, 0.15) is 23.6 Å². The highest BCUT2D eigenvalue weighted by Crippen LogP contribution is 2.36. The third-order valence-corrected chi connectivity index (χ3v) is 6.95. The number of hydrogen-bond acceptors (Lipinski definition) is 7. The molecule has 1 fully saturated rings. The van der Waals surface area contributed by atoms with Crippen molar-refractivity contribution in [2.75, 3.05) is 6.61 Å². The zero-order chi connectivity index (χ0) is 26.5. The third kappa shape index (κ3) is 6.43. The summed E-state index contributed by atoms with van der Waals surface area (Å²) in [6.45, 7) is 2.49. The zero-order valence-electron chi connectivity index (χ0n) is 19.5. The Bertz CT molecular complexity index is 1390. The van der Waals surface area contributed by atoms with Gasteiger partial charge in [0.2, 0.25) is 0 Å². The van der Waals surface area contributed by atoms with E-state index in [0.29, 0.717) is 39.3 Å². The Morgan fingerprint density at radius 2 is 1.68 bits per heavy atom. The minimum absolute atomic E-state index is 0.00415. The van der Waals surface area contributed by atoms with Crippen molar-refractivity contribution in [1.82, 2.24) is 4.90 Å². The maximum atomic E-state index is 12.9. The quantitative estimate of drug-likeness (QED) is 0.156. The molecule has 0 bridgehead atoms. The van der Waals surface area contributed by atoms with Gasteiger partial charge in [0, 0.05) is 12.1 Å². The molecular formula is C26H20Cl2N2O6S. The number of nitro benzene ring substituents is 1. The van der Waals surface area contributed by atoms with Crippen LogP contribution in [0.5, 0.6) is 11.5 Å². The van der Waals surface area contributed by atoms with Crippen LogP contribution < -0.4 is 9.47 Å². The molecule has 11 heteroatoms. The topological polar surface area (TPSA) is 99.0 Å². The lowest BCUT2D eigenvalue weighted by atomic mass is 10.1. The van der Waals surface area contributed by atoms with Gasteiger partial charge in [-0.05, 0) is 77.9 Å². The van der Waals surface area contributed by atoms with Crippen LogP contribution in [0.15, 0.2) is 65.6 Å². The lowest BCUT2D eigenvalue weighted by Gasteiger charge is -2.13. The first kappa shape index (κ1) is 26.5. The third-order valence-electron chi connectivity index (χ3n) is 5.31. The van der Waals surface area contributed by atoms with Crippen LogP contribution in [0.25, 0.3) is 6.08 Å². The molecule has 4 rings (SSSR count). The second kappa shape index (κ2) is 11.7. The molecule has 0 aliphatic carbocycles. The summed E-state index contributed by atoms with van der Waals surface area (Å²) < 4.78 is 11.6. The fraction of sp³-hybridized carbons (Fsp3) is 0.154. The molecule has 0 radical (unpaired) electrons. The Kier molecular flexibility index (Phi) is 8.38. The van der Waals surface area contributed by atoms with E-state index in [1.165, 1.54) is 12.1 Å². The van der Waals surface area contributed by atoms with Crippen molar-refractivity contribution in [2.24, 2.45) is 0 Å². The lowest BCUT2D eigenvalue weighted by molar-refractivity contribution is -0.384. The Labute approximate surface area is 226 Å². The fourth-order valence-corrected chi connectivity index (χ4v) is 4.64. The number of halogens is 2. The fourth-order valence-electron chi connectivity index (χ4n) is 3.49. The molecule has 1 aliphatic heterocycles. The predicted octanol–water partition coefficient (Wildman–Crippen LogP) is 7.12. The van der Waals surface area contributed by atoms with Crippen molar-refractivity contribution in [3.05, 3.63) is 102 Å². The summed E-state index contributed by atoms with van der Waals surface area (Å²) in [7, 11) is 0. The number of thioether (sulfide) groups is 1. The minimum atomic E-state index is -0.460. The van der Waals surface area contributed by atoms with Crippen LogP contribution >= 0.6 is 35.0 Å². The number of carbonyl (C=O) groups is 2. The normalized spacial score (nSPS) is 14.4. The van der Waals surface area contributed by atoms with E-state index in [1.54, 1.807) is 54.6 Å². The van der Waals surface area contributed by atoms with E-state index in [-0.39, 0.29) is 29.0 Å². The molecule has 37 heavy (non-hydrogen) atoms. The molecule has 0 N–H and O–H groups in total. The summed E-state index contributed by atoms with van der Waals surface area (Å²) in [4.78, 5) is 37.3. The van der Waals surface area contributed by atoms with Crippen LogP contribution in [0.4, 0.5) is 10.5 Å². The number of carbonyl (C=O) groups excluding carboxylic acids is 2. The molecule has 1 aliphatic rings. The van der Waals surface area contributed by atoms with E-state index in [0.717, 1.165) is 22.2 Å². The molecule has 0 unspecified atom stereocenters. The van der Waals surface area contributed by atoms with Crippen molar-refractivity contribution in [1.29, 1.82) is 0 Å². The Morgan fingerprint density at radius 3 is 2.35 bits per heavy atom. The van der Waals surface area contributed by atoms with Crippen molar-refractivity contribution >= 4 is 57.9 Å². The van der Waals surface area contributed by atoms with Gasteiger partial charge in [-0.25, -0.2) is 0 Å². The van der Waals surface area contributed by atoms with Crippen LogP contribution in [0.3, 0.4) is 0 Å². The number of nitrogens with zero attached hydrogens (tertiary/aromatic N) is 2. The maximum absolute atomic E-state index is 12.9. The molecule has 0 atom stereocenters. The molecule has 0 aromatic heterocycles. The smallest absolute Gasteiger partial charge is 0.293 e. The largest absolute Gasteiger partial charge is 0.490 e. The van der Waals surface area contributed by atoms with Gasteiger partial charge in [-0.1, -0.05) is 35.3 Å². The van der Waals surface area contributed by atoms with Gasteiger partial charge in [0.05, 0.1) is 33.0 Å². The maximum Gasteiger partial charge on any atom is 0.293 e. The molecule has 3 aromatic rings. The number of non-ortho nitro benzene ring substituents is 1. The summed E-state index contributed by atoms with van der Waals surface area (Å²) in [6.07, 6.45) is 1.63. The second-order valence-corrected chi connectivity index (χ2v) is 9.68. The number of amides is 2. The summed E-state index contributed by atoms with van der Waals surface area (Å²) in [5, 5.41) is 11.2. The number of rotatable bonds is 9. The van der Waals surface area contributed by atoms with Gasteiger partial charge in [-0.15, -0.1) is 0 Å². The Hall–Kier alpha value is -3.53. The van der Waals surface area contributed by atoms with Gasteiger partial charge in [0.15, 0.2) is 11.5 Å². The van der Waals surface area contributed by atoms with E-state index in [9.17, 15) is 19.7 Å². The predicted molar refractivity (Wildman–Crippen MR) is 143 cm³/mol. The average Bonchev–Trinajstić information content (AvgIpc) is 3.13. The average molecular weight is 559 g/mol. The summed E-state index contributed by atoms with van der Waals surface area (Å²) in [5.41, 5.74) is 2.11. The molecule has 3 aromatic carbocycles. The van der Waals surface area contributed by atoms with Gasteiger partial charge in [-0.2, -0.15) is 0 Å². The van der Waals surface area contributed by atoms with E-state index in [1.807, 2.05) is 6.92 Å². The molecular weight excluding hydrogens is 539 g/mol. The molecule has 0 spiro atoms. The van der Waals surface area contributed by atoms with Gasteiger partial charge in [0.25, 0.3) is 16.8 Å². The summed E-state index contributed by atoms with van der Waals surface area (Å²) in [5.74, 6) is 0.538. The number of hydrogen-bond donors (Lipinski definition) is 0. The van der Waals surface area contributed by atoms with E-state index in [2.05, 4.69) is 0 Å². The molecule has 8 nitrogen and oxygen atoms in total. The highest BCUT2D eigenvalue weighted by Gasteiger charge is 2.35. The van der Waals surface area contributed by atoms with Crippen molar-refractivity contribution in [3.8, 4) is 11.5 Å². The number of imide groups is 1. The molecule has 0 saturated carbocycles. The number of benzene rings is 3.